The van der Waals surface area contributed by atoms with Crippen LogP contribution in [0.15, 0.2) is 30.3 Å². The maximum absolute atomic E-state index is 4.62. The lowest BCUT2D eigenvalue weighted by atomic mass is 10.1. The van der Waals surface area contributed by atoms with Crippen LogP contribution in [0.4, 0.5) is 5.82 Å². The molecule has 1 aromatic carbocycles. The molecule has 3 N–H and O–H groups in total. The highest BCUT2D eigenvalue weighted by atomic mass is 15.2. The molecule has 7 nitrogen and oxygen atoms in total. The first-order valence-corrected chi connectivity index (χ1v) is 9.07. The molecule has 7 heteroatoms. The monoisotopic (exact) mass is 349 g/mol. The highest BCUT2D eigenvalue weighted by molar-refractivity contribution is 5.54. The summed E-state index contributed by atoms with van der Waals surface area (Å²) in [5.41, 5.74) is 3.42. The van der Waals surface area contributed by atoms with Crippen LogP contribution < -0.4 is 10.6 Å². The van der Waals surface area contributed by atoms with Crippen LogP contribution in [0.25, 0.3) is 11.4 Å². The van der Waals surface area contributed by atoms with Gasteiger partial charge < -0.3 is 10.6 Å². The summed E-state index contributed by atoms with van der Waals surface area (Å²) in [6.45, 7) is 4.64. The SMILES string of the molecule is Cc1nc2c(c(NCCc3nc(-c4ccccc4)n[nH]3)n1)CCNCC2. The number of H-pyrrole nitrogens is 1. The van der Waals surface area contributed by atoms with Gasteiger partial charge in [-0.05, 0) is 19.9 Å². The molecule has 1 aliphatic rings. The number of nitrogens with one attached hydrogen (secondary N) is 3. The lowest BCUT2D eigenvalue weighted by Crippen LogP contribution is -2.16. The van der Waals surface area contributed by atoms with E-state index in [2.05, 4.69) is 35.8 Å². The Labute approximate surface area is 152 Å². The third-order valence-corrected chi connectivity index (χ3v) is 4.51. The molecule has 0 saturated heterocycles. The summed E-state index contributed by atoms with van der Waals surface area (Å²) < 4.78 is 0. The molecule has 3 heterocycles. The molecular weight excluding hydrogens is 326 g/mol. The number of nitrogens with zero attached hydrogens (tertiary/aromatic N) is 4. The Balaban J connectivity index is 1.43. The van der Waals surface area contributed by atoms with Crippen LogP contribution in [0.1, 0.15) is 22.9 Å². The fourth-order valence-corrected chi connectivity index (χ4v) is 3.24. The lowest BCUT2D eigenvalue weighted by molar-refractivity contribution is 0.708. The van der Waals surface area contributed by atoms with Crippen molar-refractivity contribution in [3.05, 3.63) is 53.2 Å². The van der Waals surface area contributed by atoms with Gasteiger partial charge in [0.25, 0.3) is 0 Å². The van der Waals surface area contributed by atoms with Gasteiger partial charge in [-0.25, -0.2) is 15.0 Å². The van der Waals surface area contributed by atoms with Gasteiger partial charge in [-0.3, -0.25) is 5.10 Å². The van der Waals surface area contributed by atoms with E-state index < -0.39 is 0 Å². The summed E-state index contributed by atoms with van der Waals surface area (Å²) >= 11 is 0. The first kappa shape index (κ1) is 16.7. The number of rotatable bonds is 5. The number of anilines is 1. The Hall–Kier alpha value is -2.80. The second-order valence-electron chi connectivity index (χ2n) is 6.44. The first-order valence-electron chi connectivity index (χ1n) is 9.07. The van der Waals surface area contributed by atoms with Crippen LogP contribution in [-0.4, -0.2) is 44.8 Å². The Bertz CT molecular complexity index is 873. The van der Waals surface area contributed by atoms with Crippen LogP contribution in [0.5, 0.6) is 0 Å². The van der Waals surface area contributed by atoms with Crippen molar-refractivity contribution in [2.75, 3.05) is 25.0 Å². The standard InChI is InChI=1S/C19H23N7/c1-13-22-16-8-11-20-10-7-15(16)19(23-13)21-12-9-17-24-18(26-25-17)14-5-3-2-4-6-14/h2-6,20H,7-12H2,1H3,(H,21,22,23)(H,24,25,26). The second-order valence-corrected chi connectivity index (χ2v) is 6.44. The van der Waals surface area contributed by atoms with E-state index in [9.17, 15) is 0 Å². The summed E-state index contributed by atoms with van der Waals surface area (Å²) in [7, 11) is 0. The molecule has 4 rings (SSSR count). The highest BCUT2D eigenvalue weighted by Crippen LogP contribution is 2.19. The van der Waals surface area contributed by atoms with Crippen molar-refractivity contribution < 1.29 is 0 Å². The number of fused-ring (bicyclic) bond motifs is 1. The van der Waals surface area contributed by atoms with Gasteiger partial charge in [-0.2, -0.15) is 5.10 Å². The molecule has 0 radical (unpaired) electrons. The highest BCUT2D eigenvalue weighted by Gasteiger charge is 2.15. The fraction of sp³-hybridized carbons (Fsp3) is 0.368. The maximum Gasteiger partial charge on any atom is 0.181 e. The van der Waals surface area contributed by atoms with Gasteiger partial charge >= 0.3 is 0 Å². The maximum atomic E-state index is 4.62. The summed E-state index contributed by atoms with van der Waals surface area (Å²) in [6.07, 6.45) is 2.67. The molecule has 134 valence electrons. The lowest BCUT2D eigenvalue weighted by Gasteiger charge is -2.13. The number of hydrogen-bond acceptors (Lipinski definition) is 6. The molecule has 0 atom stereocenters. The zero-order valence-corrected chi connectivity index (χ0v) is 14.9. The molecule has 0 bridgehead atoms. The number of aryl methyl sites for hydroxylation is 1. The zero-order valence-electron chi connectivity index (χ0n) is 14.9. The minimum Gasteiger partial charge on any atom is -0.369 e. The molecule has 0 fully saturated rings. The van der Waals surface area contributed by atoms with Gasteiger partial charge in [0.1, 0.15) is 17.5 Å². The van der Waals surface area contributed by atoms with Crippen molar-refractivity contribution in [3.8, 4) is 11.4 Å². The summed E-state index contributed by atoms with van der Waals surface area (Å²) in [5, 5.41) is 14.2. The van der Waals surface area contributed by atoms with Crippen molar-refractivity contribution in [1.29, 1.82) is 0 Å². The van der Waals surface area contributed by atoms with Crippen LogP contribution in [0.2, 0.25) is 0 Å². The molecule has 0 aliphatic carbocycles. The van der Waals surface area contributed by atoms with E-state index >= 15 is 0 Å². The predicted molar refractivity (Wildman–Crippen MR) is 101 cm³/mol. The zero-order chi connectivity index (χ0) is 17.8. The van der Waals surface area contributed by atoms with Gasteiger partial charge in [-0.15, -0.1) is 0 Å². The molecule has 26 heavy (non-hydrogen) atoms. The minimum absolute atomic E-state index is 0.735. The van der Waals surface area contributed by atoms with Crippen LogP contribution in [0.3, 0.4) is 0 Å². The number of hydrogen-bond donors (Lipinski definition) is 3. The Morgan fingerprint density at radius 3 is 2.77 bits per heavy atom. The molecule has 0 amide bonds. The third-order valence-electron chi connectivity index (χ3n) is 4.51. The van der Waals surface area contributed by atoms with E-state index in [0.717, 1.165) is 73.4 Å². The van der Waals surface area contributed by atoms with E-state index in [4.69, 9.17) is 0 Å². The molecule has 3 aromatic rings. The first-order chi connectivity index (χ1) is 12.8. The summed E-state index contributed by atoms with van der Waals surface area (Å²) in [6, 6.07) is 10.00. The van der Waals surface area contributed by atoms with E-state index in [1.54, 1.807) is 0 Å². The molecular formula is C19H23N7. The van der Waals surface area contributed by atoms with Crippen molar-refractivity contribution in [2.45, 2.75) is 26.2 Å². The molecule has 1 aliphatic heterocycles. The number of aromatic nitrogens is 5. The topological polar surface area (TPSA) is 91.4 Å². The average Bonchev–Trinajstić information content (AvgIpc) is 3.00. The van der Waals surface area contributed by atoms with E-state index in [-0.39, 0.29) is 0 Å². The third kappa shape index (κ3) is 3.72. The van der Waals surface area contributed by atoms with Crippen LogP contribution in [-0.2, 0) is 19.3 Å². The van der Waals surface area contributed by atoms with Crippen LogP contribution >= 0.6 is 0 Å². The van der Waals surface area contributed by atoms with Crippen molar-refractivity contribution in [1.82, 2.24) is 30.5 Å². The number of aromatic amines is 1. The molecule has 0 unspecified atom stereocenters. The van der Waals surface area contributed by atoms with Gasteiger partial charge in [0, 0.05) is 37.1 Å². The van der Waals surface area contributed by atoms with Gasteiger partial charge in [0.2, 0.25) is 0 Å². The number of benzene rings is 1. The second kappa shape index (κ2) is 7.61. The van der Waals surface area contributed by atoms with Crippen LogP contribution in [0, 0.1) is 6.92 Å². The average molecular weight is 349 g/mol. The van der Waals surface area contributed by atoms with Gasteiger partial charge in [0.15, 0.2) is 5.82 Å². The minimum atomic E-state index is 0.735. The van der Waals surface area contributed by atoms with Crippen molar-refractivity contribution >= 4 is 5.82 Å². The van der Waals surface area contributed by atoms with Crippen molar-refractivity contribution in [3.63, 3.8) is 0 Å². The fourth-order valence-electron chi connectivity index (χ4n) is 3.24. The summed E-state index contributed by atoms with van der Waals surface area (Å²) in [4.78, 5) is 13.8. The Morgan fingerprint density at radius 2 is 1.88 bits per heavy atom. The molecule has 0 saturated carbocycles. The van der Waals surface area contributed by atoms with Crippen molar-refractivity contribution in [2.24, 2.45) is 0 Å². The molecule has 0 spiro atoms. The Kier molecular flexibility index (Phi) is 4.88. The predicted octanol–water partition coefficient (Wildman–Crippen LogP) is 1.91. The summed E-state index contributed by atoms with van der Waals surface area (Å²) in [5.74, 6) is 3.38. The Morgan fingerprint density at radius 1 is 1.04 bits per heavy atom. The molecule has 2 aromatic heterocycles. The van der Waals surface area contributed by atoms with E-state index in [1.807, 2.05) is 37.3 Å². The normalized spacial score (nSPS) is 13.9. The van der Waals surface area contributed by atoms with E-state index in [1.165, 1.54) is 5.56 Å². The van der Waals surface area contributed by atoms with Gasteiger partial charge in [0.05, 0.1) is 5.69 Å². The smallest absolute Gasteiger partial charge is 0.181 e. The van der Waals surface area contributed by atoms with Gasteiger partial charge in [-0.1, -0.05) is 30.3 Å². The largest absolute Gasteiger partial charge is 0.369 e. The van der Waals surface area contributed by atoms with E-state index in [0.29, 0.717) is 0 Å². The quantitative estimate of drug-likeness (QED) is 0.652.